The van der Waals surface area contributed by atoms with Crippen molar-refractivity contribution in [2.45, 2.75) is 38.8 Å². The Hall–Kier alpha value is -1.07. The zero-order valence-corrected chi connectivity index (χ0v) is 12.6. The number of aliphatic hydroxyl groups is 1. The molecule has 1 aromatic rings. The first-order chi connectivity index (χ1) is 9.03. The van der Waals surface area contributed by atoms with Gasteiger partial charge in [-0.2, -0.15) is 11.3 Å². The number of nitrogens with zero attached hydrogens (tertiary/aromatic N) is 1. The zero-order chi connectivity index (χ0) is 13.9. The second-order valence-corrected chi connectivity index (χ2v) is 6.22. The molecule has 1 aromatic heterocycles. The summed E-state index contributed by atoms with van der Waals surface area (Å²) in [5.41, 5.74) is 0.0224. The van der Waals surface area contributed by atoms with E-state index in [0.717, 1.165) is 24.0 Å². The van der Waals surface area contributed by atoms with Crippen molar-refractivity contribution in [2.75, 3.05) is 13.1 Å². The summed E-state index contributed by atoms with van der Waals surface area (Å²) in [6, 6.07) is 2.48. The highest BCUT2D eigenvalue weighted by Gasteiger charge is 2.33. The van der Waals surface area contributed by atoms with Crippen molar-refractivity contribution in [3.8, 4) is 0 Å². The minimum Gasteiger partial charge on any atom is -0.383 e. The molecule has 4 nitrogen and oxygen atoms in total. The van der Waals surface area contributed by atoms with E-state index in [4.69, 9.17) is 0 Å². The molecule has 1 fully saturated rings. The number of hydrogen-bond acceptors (Lipinski definition) is 3. The summed E-state index contributed by atoms with van der Waals surface area (Å²) in [7, 11) is 0. The maximum atomic E-state index is 10.4. The van der Waals surface area contributed by atoms with Crippen LogP contribution in [0.5, 0.6) is 0 Å². The second kappa shape index (κ2) is 5.92. The first-order valence-corrected chi connectivity index (χ1v) is 7.77. The summed E-state index contributed by atoms with van der Waals surface area (Å²) in [4.78, 5) is 4.50. The highest BCUT2D eigenvalue weighted by molar-refractivity contribution is 7.08. The molecule has 0 amide bonds. The van der Waals surface area contributed by atoms with Gasteiger partial charge in [-0.1, -0.05) is 6.92 Å². The average molecular weight is 281 g/mol. The van der Waals surface area contributed by atoms with Crippen LogP contribution >= 0.6 is 11.3 Å². The molecule has 3 atom stereocenters. The van der Waals surface area contributed by atoms with Crippen LogP contribution in [0.4, 0.5) is 0 Å². The van der Waals surface area contributed by atoms with E-state index in [1.165, 1.54) is 6.42 Å². The van der Waals surface area contributed by atoms with Gasteiger partial charge in [-0.15, -0.1) is 0 Å². The van der Waals surface area contributed by atoms with Crippen LogP contribution in [0, 0.1) is 5.92 Å². The Morgan fingerprint density at radius 2 is 2.37 bits per heavy atom. The number of thiophene rings is 1. The number of aliphatic imine (C=N–C) groups is 1. The van der Waals surface area contributed by atoms with Gasteiger partial charge in [0.25, 0.3) is 0 Å². The van der Waals surface area contributed by atoms with Crippen LogP contribution in [0.2, 0.25) is 0 Å². The molecule has 5 heteroatoms. The van der Waals surface area contributed by atoms with Gasteiger partial charge in [0.15, 0.2) is 5.96 Å². The number of rotatable bonds is 5. The predicted octanol–water partition coefficient (Wildman–Crippen LogP) is 1.92. The fraction of sp³-hybridized carbons (Fsp3) is 0.643. The van der Waals surface area contributed by atoms with Gasteiger partial charge in [0.2, 0.25) is 0 Å². The SMILES string of the molecule is CCNC(=NCC(C)(O)c1ccsc1)NC1CC1C. The van der Waals surface area contributed by atoms with Crippen molar-refractivity contribution >= 4 is 17.3 Å². The van der Waals surface area contributed by atoms with Gasteiger partial charge < -0.3 is 15.7 Å². The summed E-state index contributed by atoms with van der Waals surface area (Å²) >= 11 is 1.59. The standard InChI is InChI=1S/C14H23N3OS/c1-4-15-13(17-12-7-10(12)2)16-9-14(3,18)11-5-6-19-8-11/h5-6,8,10,12,18H,4,7,9H2,1-3H3,(H2,15,16,17). The van der Waals surface area contributed by atoms with E-state index in [1.54, 1.807) is 11.3 Å². The maximum Gasteiger partial charge on any atom is 0.191 e. The summed E-state index contributed by atoms with van der Waals surface area (Å²) in [6.45, 7) is 7.27. The average Bonchev–Trinajstić information content (AvgIpc) is 2.86. The van der Waals surface area contributed by atoms with Gasteiger partial charge in [-0.05, 0) is 48.6 Å². The third-order valence-electron chi connectivity index (χ3n) is 3.46. The lowest BCUT2D eigenvalue weighted by molar-refractivity contribution is 0.0677. The van der Waals surface area contributed by atoms with E-state index in [-0.39, 0.29) is 0 Å². The topological polar surface area (TPSA) is 56.7 Å². The van der Waals surface area contributed by atoms with Crippen LogP contribution in [-0.2, 0) is 5.60 Å². The Morgan fingerprint density at radius 3 is 2.89 bits per heavy atom. The van der Waals surface area contributed by atoms with Crippen molar-refractivity contribution in [2.24, 2.45) is 10.9 Å². The molecule has 1 aliphatic rings. The maximum absolute atomic E-state index is 10.4. The molecule has 2 rings (SSSR count). The smallest absolute Gasteiger partial charge is 0.191 e. The third kappa shape index (κ3) is 3.94. The third-order valence-corrected chi connectivity index (χ3v) is 4.15. The summed E-state index contributed by atoms with van der Waals surface area (Å²) < 4.78 is 0. The van der Waals surface area contributed by atoms with E-state index in [0.29, 0.717) is 12.6 Å². The molecule has 1 saturated carbocycles. The minimum absolute atomic E-state index is 0.361. The number of hydrogen-bond donors (Lipinski definition) is 3. The number of guanidine groups is 1. The first-order valence-electron chi connectivity index (χ1n) is 6.83. The number of nitrogens with one attached hydrogen (secondary N) is 2. The van der Waals surface area contributed by atoms with Gasteiger partial charge >= 0.3 is 0 Å². The van der Waals surface area contributed by atoms with Crippen LogP contribution < -0.4 is 10.6 Å². The van der Waals surface area contributed by atoms with Crippen molar-refractivity contribution in [3.63, 3.8) is 0 Å². The Labute approximate surface area is 119 Å². The highest BCUT2D eigenvalue weighted by Crippen LogP contribution is 2.29. The van der Waals surface area contributed by atoms with Gasteiger partial charge in [0.05, 0.1) is 6.54 Å². The molecule has 0 radical (unpaired) electrons. The molecule has 0 saturated heterocycles. The fourth-order valence-corrected chi connectivity index (χ4v) is 2.70. The molecule has 0 aliphatic heterocycles. The lowest BCUT2D eigenvalue weighted by Gasteiger charge is -2.21. The van der Waals surface area contributed by atoms with Crippen LogP contribution in [0.15, 0.2) is 21.8 Å². The highest BCUT2D eigenvalue weighted by atomic mass is 32.1. The predicted molar refractivity (Wildman–Crippen MR) is 80.6 cm³/mol. The van der Waals surface area contributed by atoms with Gasteiger partial charge in [-0.25, -0.2) is 4.99 Å². The Balaban J connectivity index is 1.96. The van der Waals surface area contributed by atoms with Crippen molar-refractivity contribution < 1.29 is 5.11 Å². The van der Waals surface area contributed by atoms with Crippen LogP contribution in [-0.4, -0.2) is 30.2 Å². The van der Waals surface area contributed by atoms with E-state index in [1.807, 2.05) is 30.7 Å². The van der Waals surface area contributed by atoms with Crippen molar-refractivity contribution in [1.82, 2.24) is 10.6 Å². The molecule has 19 heavy (non-hydrogen) atoms. The molecule has 0 spiro atoms. The van der Waals surface area contributed by atoms with Gasteiger partial charge in [0, 0.05) is 12.6 Å². The molecule has 0 bridgehead atoms. The second-order valence-electron chi connectivity index (χ2n) is 5.44. The monoisotopic (exact) mass is 281 g/mol. The Kier molecular flexibility index (Phi) is 4.47. The molecule has 0 aromatic carbocycles. The van der Waals surface area contributed by atoms with E-state index >= 15 is 0 Å². The molecular weight excluding hydrogens is 258 g/mol. The van der Waals surface area contributed by atoms with Crippen LogP contribution in [0.1, 0.15) is 32.8 Å². The lowest BCUT2D eigenvalue weighted by Crippen LogP contribution is -2.40. The molecule has 1 aliphatic carbocycles. The normalized spacial score (nSPS) is 25.8. The lowest BCUT2D eigenvalue weighted by atomic mass is 10.00. The summed E-state index contributed by atoms with van der Waals surface area (Å²) in [5, 5.41) is 21.0. The van der Waals surface area contributed by atoms with Crippen molar-refractivity contribution in [1.29, 1.82) is 0 Å². The largest absolute Gasteiger partial charge is 0.383 e. The van der Waals surface area contributed by atoms with Crippen LogP contribution in [0.25, 0.3) is 0 Å². The summed E-state index contributed by atoms with van der Waals surface area (Å²) in [5.74, 6) is 1.52. The molecule has 3 unspecified atom stereocenters. The quantitative estimate of drug-likeness (QED) is 0.571. The fourth-order valence-electron chi connectivity index (χ4n) is 1.91. The van der Waals surface area contributed by atoms with Gasteiger partial charge in [0.1, 0.15) is 5.60 Å². The van der Waals surface area contributed by atoms with E-state index < -0.39 is 5.60 Å². The Bertz CT molecular complexity index is 428. The molecule has 1 heterocycles. The Morgan fingerprint density at radius 1 is 1.63 bits per heavy atom. The summed E-state index contributed by atoms with van der Waals surface area (Å²) in [6.07, 6.45) is 1.20. The molecular formula is C14H23N3OS. The van der Waals surface area contributed by atoms with Gasteiger partial charge in [-0.3, -0.25) is 0 Å². The molecule has 3 N–H and O–H groups in total. The van der Waals surface area contributed by atoms with Crippen molar-refractivity contribution in [3.05, 3.63) is 22.4 Å². The minimum atomic E-state index is -0.905. The molecule has 106 valence electrons. The van der Waals surface area contributed by atoms with E-state index in [9.17, 15) is 5.11 Å². The van der Waals surface area contributed by atoms with Crippen LogP contribution in [0.3, 0.4) is 0 Å². The zero-order valence-electron chi connectivity index (χ0n) is 11.8. The van der Waals surface area contributed by atoms with E-state index in [2.05, 4.69) is 22.5 Å². The first kappa shape index (κ1) is 14.3.